The maximum absolute atomic E-state index is 11.6. The summed E-state index contributed by atoms with van der Waals surface area (Å²) < 4.78 is 5.88. The Labute approximate surface area is 108 Å². The fourth-order valence-corrected chi connectivity index (χ4v) is 2.05. The van der Waals surface area contributed by atoms with E-state index in [0.717, 1.165) is 31.7 Å². The van der Waals surface area contributed by atoms with Crippen molar-refractivity contribution in [2.75, 3.05) is 13.1 Å². The molecule has 1 aliphatic heterocycles. The van der Waals surface area contributed by atoms with Gasteiger partial charge in [-0.3, -0.25) is 4.79 Å². The highest BCUT2D eigenvalue weighted by Gasteiger charge is 2.14. The lowest BCUT2D eigenvalue weighted by atomic mass is 10.1. The average molecular weight is 245 g/mol. The van der Waals surface area contributed by atoms with Gasteiger partial charge in [0.25, 0.3) is 0 Å². The molecule has 0 amide bonds. The molecule has 1 aromatic rings. The van der Waals surface area contributed by atoms with Crippen LogP contribution in [-0.4, -0.2) is 25.0 Å². The normalized spacial score (nSPS) is 16.9. The van der Waals surface area contributed by atoms with Crippen LogP contribution in [0.1, 0.15) is 30.1 Å². The minimum absolute atomic E-state index is 0.0333. The van der Waals surface area contributed by atoms with Crippen molar-refractivity contribution in [2.24, 2.45) is 0 Å². The molecule has 1 fully saturated rings. The smallest absolute Gasteiger partial charge is 0.185 e. The van der Waals surface area contributed by atoms with E-state index < -0.39 is 0 Å². The molecule has 0 spiro atoms. The van der Waals surface area contributed by atoms with Crippen molar-refractivity contribution in [1.82, 2.24) is 5.32 Å². The Balaban J connectivity index is 1.96. The number of carbonyl (C=O) groups is 1. The van der Waals surface area contributed by atoms with Gasteiger partial charge in [-0.25, -0.2) is 0 Å². The summed E-state index contributed by atoms with van der Waals surface area (Å²) in [7, 11) is 0. The zero-order valence-electron chi connectivity index (χ0n) is 10.7. The molecule has 0 saturated carbocycles. The van der Waals surface area contributed by atoms with Crippen LogP contribution in [0.5, 0.6) is 5.75 Å². The van der Waals surface area contributed by atoms with Gasteiger partial charge in [0.15, 0.2) is 5.78 Å². The fraction of sp³-hybridized carbons (Fsp3) is 0.400. The highest BCUT2D eigenvalue weighted by atomic mass is 16.5. The second-order valence-corrected chi connectivity index (χ2v) is 4.46. The van der Waals surface area contributed by atoms with Crippen molar-refractivity contribution < 1.29 is 9.53 Å². The van der Waals surface area contributed by atoms with Crippen LogP contribution in [0.4, 0.5) is 0 Å². The first-order valence-corrected chi connectivity index (χ1v) is 6.44. The highest BCUT2D eigenvalue weighted by Crippen LogP contribution is 2.17. The number of piperidine rings is 1. The minimum atomic E-state index is 0.0333. The predicted octanol–water partition coefficient (Wildman–Crippen LogP) is 2.58. The van der Waals surface area contributed by atoms with Crippen molar-refractivity contribution in [3.05, 3.63) is 42.0 Å². The van der Waals surface area contributed by atoms with E-state index in [4.69, 9.17) is 4.74 Å². The summed E-state index contributed by atoms with van der Waals surface area (Å²) in [5.74, 6) is 0.879. The van der Waals surface area contributed by atoms with Crippen molar-refractivity contribution in [2.45, 2.75) is 25.9 Å². The van der Waals surface area contributed by atoms with Crippen LogP contribution in [-0.2, 0) is 0 Å². The molecule has 96 valence electrons. The van der Waals surface area contributed by atoms with Crippen LogP contribution in [0, 0.1) is 0 Å². The fourth-order valence-electron chi connectivity index (χ4n) is 2.05. The Kier molecular flexibility index (Phi) is 4.53. The quantitative estimate of drug-likeness (QED) is 0.654. The van der Waals surface area contributed by atoms with Gasteiger partial charge in [-0.15, -0.1) is 0 Å². The van der Waals surface area contributed by atoms with E-state index in [0.29, 0.717) is 11.7 Å². The number of hydrogen-bond donors (Lipinski definition) is 1. The predicted molar refractivity (Wildman–Crippen MR) is 72.1 cm³/mol. The Morgan fingerprint density at radius 2 is 1.94 bits per heavy atom. The molecule has 3 heteroatoms. The van der Waals surface area contributed by atoms with Gasteiger partial charge in [-0.2, -0.15) is 0 Å². The molecule has 1 N–H and O–H groups in total. The Morgan fingerprint density at radius 1 is 1.28 bits per heavy atom. The van der Waals surface area contributed by atoms with Gasteiger partial charge < -0.3 is 10.1 Å². The molecular formula is C15H19NO2. The second kappa shape index (κ2) is 6.36. The summed E-state index contributed by atoms with van der Waals surface area (Å²) >= 11 is 0. The standard InChI is InChI=1S/C15H19NO2/c1-2-3-15(17)12-4-6-13(7-5-12)18-14-8-10-16-11-9-14/h2-7,14,16H,8-11H2,1H3. The molecule has 1 heterocycles. The van der Waals surface area contributed by atoms with Crippen molar-refractivity contribution in [3.63, 3.8) is 0 Å². The molecule has 18 heavy (non-hydrogen) atoms. The number of carbonyl (C=O) groups excluding carboxylic acids is 1. The lowest BCUT2D eigenvalue weighted by Gasteiger charge is -2.23. The first kappa shape index (κ1) is 12.8. The Morgan fingerprint density at radius 3 is 2.56 bits per heavy atom. The van der Waals surface area contributed by atoms with Gasteiger partial charge in [0, 0.05) is 5.56 Å². The second-order valence-electron chi connectivity index (χ2n) is 4.46. The van der Waals surface area contributed by atoms with Crippen LogP contribution >= 0.6 is 0 Å². The molecule has 2 rings (SSSR count). The van der Waals surface area contributed by atoms with Crippen LogP contribution in [0.3, 0.4) is 0 Å². The van der Waals surface area contributed by atoms with Gasteiger partial charge >= 0.3 is 0 Å². The first-order valence-electron chi connectivity index (χ1n) is 6.44. The van der Waals surface area contributed by atoms with Crippen molar-refractivity contribution in [3.8, 4) is 5.75 Å². The largest absolute Gasteiger partial charge is 0.490 e. The van der Waals surface area contributed by atoms with Gasteiger partial charge in [0.1, 0.15) is 11.9 Å². The van der Waals surface area contributed by atoms with E-state index in [2.05, 4.69) is 5.32 Å². The number of benzene rings is 1. The highest BCUT2D eigenvalue weighted by molar-refractivity contribution is 6.04. The number of ether oxygens (including phenoxy) is 1. The van der Waals surface area contributed by atoms with E-state index in [1.54, 1.807) is 12.2 Å². The van der Waals surface area contributed by atoms with Crippen LogP contribution < -0.4 is 10.1 Å². The average Bonchev–Trinajstić information content (AvgIpc) is 2.41. The third kappa shape index (κ3) is 3.44. The van der Waals surface area contributed by atoms with Gasteiger partial charge in [0.2, 0.25) is 0 Å². The van der Waals surface area contributed by atoms with E-state index in [1.165, 1.54) is 0 Å². The number of nitrogens with one attached hydrogen (secondary N) is 1. The van der Waals surface area contributed by atoms with Crippen molar-refractivity contribution >= 4 is 5.78 Å². The molecule has 3 nitrogen and oxygen atoms in total. The summed E-state index contributed by atoms with van der Waals surface area (Å²) in [5, 5.41) is 3.31. The van der Waals surface area contributed by atoms with Crippen LogP contribution in [0.25, 0.3) is 0 Å². The molecule has 0 atom stereocenters. The number of allylic oxidation sites excluding steroid dienone is 2. The van der Waals surface area contributed by atoms with Crippen LogP contribution in [0.2, 0.25) is 0 Å². The molecule has 1 saturated heterocycles. The third-order valence-electron chi connectivity index (χ3n) is 3.05. The molecular weight excluding hydrogens is 226 g/mol. The molecule has 0 aliphatic carbocycles. The van der Waals surface area contributed by atoms with E-state index in [9.17, 15) is 4.79 Å². The van der Waals surface area contributed by atoms with Crippen molar-refractivity contribution in [1.29, 1.82) is 0 Å². The molecule has 0 aromatic heterocycles. The zero-order chi connectivity index (χ0) is 12.8. The van der Waals surface area contributed by atoms with E-state index in [-0.39, 0.29) is 5.78 Å². The summed E-state index contributed by atoms with van der Waals surface area (Å²) in [6.45, 7) is 3.87. The van der Waals surface area contributed by atoms with Gasteiger partial charge in [0.05, 0.1) is 0 Å². The monoisotopic (exact) mass is 245 g/mol. The number of ketones is 1. The van der Waals surface area contributed by atoms with E-state index in [1.807, 2.05) is 31.2 Å². The zero-order valence-corrected chi connectivity index (χ0v) is 10.7. The third-order valence-corrected chi connectivity index (χ3v) is 3.05. The van der Waals surface area contributed by atoms with E-state index >= 15 is 0 Å². The molecule has 0 unspecified atom stereocenters. The van der Waals surface area contributed by atoms with Gasteiger partial charge in [-0.05, 0) is 63.2 Å². The minimum Gasteiger partial charge on any atom is -0.490 e. The Hall–Kier alpha value is -1.61. The molecule has 0 radical (unpaired) electrons. The number of rotatable bonds is 4. The SMILES string of the molecule is CC=CC(=O)c1ccc(OC2CCNCC2)cc1. The lowest BCUT2D eigenvalue weighted by Crippen LogP contribution is -2.34. The molecule has 0 bridgehead atoms. The molecule has 1 aromatic carbocycles. The summed E-state index contributed by atoms with van der Waals surface area (Å²) in [5.41, 5.74) is 0.700. The lowest BCUT2D eigenvalue weighted by molar-refractivity contribution is 0.104. The summed E-state index contributed by atoms with van der Waals surface area (Å²) in [6, 6.07) is 7.38. The maximum atomic E-state index is 11.6. The topological polar surface area (TPSA) is 38.3 Å². The summed E-state index contributed by atoms with van der Waals surface area (Å²) in [6.07, 6.45) is 5.70. The summed E-state index contributed by atoms with van der Waals surface area (Å²) in [4.78, 5) is 11.6. The first-order chi connectivity index (χ1) is 8.79. The maximum Gasteiger partial charge on any atom is 0.185 e. The number of hydrogen-bond acceptors (Lipinski definition) is 3. The molecule has 1 aliphatic rings. The Bertz CT molecular complexity index is 417. The van der Waals surface area contributed by atoms with Gasteiger partial charge in [-0.1, -0.05) is 6.08 Å². The van der Waals surface area contributed by atoms with Crippen LogP contribution in [0.15, 0.2) is 36.4 Å².